The second kappa shape index (κ2) is 6.34. The summed E-state index contributed by atoms with van der Waals surface area (Å²) in [6.07, 6.45) is 0.537. The predicted octanol–water partition coefficient (Wildman–Crippen LogP) is 1.43. The highest BCUT2D eigenvalue weighted by molar-refractivity contribution is 7.09. The Morgan fingerprint density at radius 3 is 2.72 bits per heavy atom. The monoisotopic (exact) mass is 271 g/mol. The van der Waals surface area contributed by atoms with E-state index in [1.165, 1.54) is 16.7 Å². The van der Waals surface area contributed by atoms with Crippen LogP contribution in [0.25, 0.3) is 0 Å². The molecule has 1 aromatic rings. The van der Waals surface area contributed by atoms with Gasteiger partial charge in [-0.2, -0.15) is 0 Å². The van der Waals surface area contributed by atoms with E-state index in [9.17, 15) is 9.59 Å². The fourth-order valence-corrected chi connectivity index (χ4v) is 1.93. The molecule has 0 aliphatic heterocycles. The summed E-state index contributed by atoms with van der Waals surface area (Å²) in [6.45, 7) is 4.31. The molecular formula is C11H17N3O3S. The third-order valence-electron chi connectivity index (χ3n) is 2.48. The van der Waals surface area contributed by atoms with Crippen molar-refractivity contribution in [1.82, 2.24) is 15.2 Å². The molecule has 0 radical (unpaired) electrons. The second-order valence-corrected chi connectivity index (χ2v) is 5.06. The Bertz CT molecular complexity index is 431. The molecule has 100 valence electrons. The molecule has 0 unspecified atom stereocenters. The lowest BCUT2D eigenvalue weighted by Crippen LogP contribution is -2.41. The maximum Gasteiger partial charge on any atom is 0.355 e. The Labute approximate surface area is 110 Å². The Hall–Kier alpha value is -1.63. The molecule has 2 N–H and O–H groups in total. The number of thiazole rings is 1. The van der Waals surface area contributed by atoms with Gasteiger partial charge in [-0.05, 0) is 13.8 Å². The van der Waals surface area contributed by atoms with Crippen LogP contribution in [0.5, 0.6) is 0 Å². The lowest BCUT2D eigenvalue weighted by Gasteiger charge is -2.21. The number of carbonyl (C=O) groups excluding carboxylic acids is 1. The van der Waals surface area contributed by atoms with Crippen LogP contribution >= 0.6 is 11.3 Å². The van der Waals surface area contributed by atoms with Gasteiger partial charge in [0.2, 0.25) is 0 Å². The number of carbonyl (C=O) groups is 2. The summed E-state index contributed by atoms with van der Waals surface area (Å²) in [7, 11) is 1.73. The Kier molecular flexibility index (Phi) is 5.08. The molecular weight excluding hydrogens is 254 g/mol. The van der Waals surface area contributed by atoms with Crippen LogP contribution < -0.4 is 5.32 Å². The molecule has 0 spiro atoms. The first-order valence-corrected chi connectivity index (χ1v) is 6.48. The summed E-state index contributed by atoms with van der Waals surface area (Å²) in [5.74, 6) is -1.03. The first-order valence-electron chi connectivity index (χ1n) is 5.60. The Morgan fingerprint density at radius 2 is 2.22 bits per heavy atom. The molecule has 18 heavy (non-hydrogen) atoms. The van der Waals surface area contributed by atoms with Gasteiger partial charge in [0.05, 0.1) is 5.01 Å². The van der Waals surface area contributed by atoms with Crippen molar-refractivity contribution in [3.63, 3.8) is 0 Å². The lowest BCUT2D eigenvalue weighted by molar-refractivity contribution is 0.0691. The van der Waals surface area contributed by atoms with Crippen LogP contribution in [-0.4, -0.2) is 46.6 Å². The third kappa shape index (κ3) is 3.99. The number of carboxylic acids is 1. The van der Waals surface area contributed by atoms with E-state index in [2.05, 4.69) is 10.3 Å². The SMILES string of the molecule is CC(C)N(C)C(=O)NCCc1nc(C(=O)O)cs1. The Morgan fingerprint density at radius 1 is 1.56 bits per heavy atom. The molecule has 0 aliphatic carbocycles. The minimum Gasteiger partial charge on any atom is -0.476 e. The minimum atomic E-state index is -1.03. The van der Waals surface area contributed by atoms with Crippen molar-refractivity contribution in [2.24, 2.45) is 0 Å². The van der Waals surface area contributed by atoms with Crippen LogP contribution in [-0.2, 0) is 6.42 Å². The summed E-state index contributed by atoms with van der Waals surface area (Å²) >= 11 is 1.29. The van der Waals surface area contributed by atoms with Gasteiger partial charge >= 0.3 is 12.0 Å². The number of aromatic nitrogens is 1. The van der Waals surface area contributed by atoms with Crippen molar-refractivity contribution >= 4 is 23.3 Å². The summed E-state index contributed by atoms with van der Waals surface area (Å²) < 4.78 is 0. The molecule has 0 saturated heterocycles. The van der Waals surface area contributed by atoms with Crippen molar-refractivity contribution in [2.45, 2.75) is 26.3 Å². The molecule has 0 bridgehead atoms. The zero-order valence-electron chi connectivity index (χ0n) is 10.6. The number of carboxylic acid groups (broad SMARTS) is 1. The summed E-state index contributed by atoms with van der Waals surface area (Å²) in [5, 5.41) is 13.7. The van der Waals surface area contributed by atoms with Gasteiger partial charge in [0.1, 0.15) is 0 Å². The first-order chi connectivity index (χ1) is 8.41. The number of urea groups is 1. The van der Waals surface area contributed by atoms with E-state index in [0.717, 1.165) is 0 Å². The highest BCUT2D eigenvalue weighted by Gasteiger charge is 2.12. The molecule has 1 heterocycles. The van der Waals surface area contributed by atoms with Crippen LogP contribution in [0.15, 0.2) is 5.38 Å². The zero-order chi connectivity index (χ0) is 13.7. The fraction of sp³-hybridized carbons (Fsp3) is 0.545. The van der Waals surface area contributed by atoms with Gasteiger partial charge in [-0.15, -0.1) is 11.3 Å². The van der Waals surface area contributed by atoms with E-state index >= 15 is 0 Å². The van der Waals surface area contributed by atoms with Gasteiger partial charge < -0.3 is 15.3 Å². The average molecular weight is 271 g/mol. The van der Waals surface area contributed by atoms with Gasteiger partial charge in [0, 0.05) is 31.4 Å². The Balaban J connectivity index is 2.37. The number of rotatable bonds is 5. The average Bonchev–Trinajstić information content (AvgIpc) is 2.76. The van der Waals surface area contributed by atoms with Crippen LogP contribution in [0.1, 0.15) is 29.3 Å². The maximum absolute atomic E-state index is 11.6. The van der Waals surface area contributed by atoms with Gasteiger partial charge in [0.15, 0.2) is 5.69 Å². The van der Waals surface area contributed by atoms with E-state index in [1.807, 2.05) is 13.8 Å². The van der Waals surface area contributed by atoms with Crippen molar-refractivity contribution in [3.05, 3.63) is 16.1 Å². The van der Waals surface area contributed by atoms with Crippen molar-refractivity contribution in [3.8, 4) is 0 Å². The first kappa shape index (κ1) is 14.4. The highest BCUT2D eigenvalue weighted by atomic mass is 32.1. The van der Waals surface area contributed by atoms with Gasteiger partial charge in [-0.25, -0.2) is 14.6 Å². The van der Waals surface area contributed by atoms with E-state index in [0.29, 0.717) is 18.0 Å². The van der Waals surface area contributed by atoms with E-state index in [-0.39, 0.29) is 17.8 Å². The summed E-state index contributed by atoms with van der Waals surface area (Å²) in [6, 6.07) is 0.00323. The van der Waals surface area contributed by atoms with Crippen molar-refractivity contribution < 1.29 is 14.7 Å². The van der Waals surface area contributed by atoms with Crippen LogP contribution in [0.4, 0.5) is 4.79 Å². The topological polar surface area (TPSA) is 82.5 Å². The number of nitrogens with one attached hydrogen (secondary N) is 1. The number of nitrogens with zero attached hydrogens (tertiary/aromatic N) is 2. The number of hydrogen-bond acceptors (Lipinski definition) is 4. The van der Waals surface area contributed by atoms with Gasteiger partial charge in [-0.1, -0.05) is 0 Å². The van der Waals surface area contributed by atoms with Gasteiger partial charge in [-0.3, -0.25) is 0 Å². The predicted molar refractivity (Wildman–Crippen MR) is 69.1 cm³/mol. The molecule has 7 heteroatoms. The quantitative estimate of drug-likeness (QED) is 0.848. The fourth-order valence-electron chi connectivity index (χ4n) is 1.16. The zero-order valence-corrected chi connectivity index (χ0v) is 11.5. The summed E-state index contributed by atoms with van der Waals surface area (Å²) in [4.78, 5) is 27.8. The highest BCUT2D eigenvalue weighted by Crippen LogP contribution is 2.09. The molecule has 0 fully saturated rings. The maximum atomic E-state index is 11.6. The van der Waals surface area contributed by atoms with Gasteiger partial charge in [0.25, 0.3) is 0 Å². The normalized spacial score (nSPS) is 10.4. The molecule has 6 nitrogen and oxygen atoms in total. The number of aromatic carboxylic acids is 1. The summed E-state index contributed by atoms with van der Waals surface area (Å²) in [5.41, 5.74) is 0.0561. The van der Waals surface area contributed by atoms with Crippen molar-refractivity contribution in [1.29, 1.82) is 0 Å². The molecule has 0 aliphatic rings. The molecule has 0 atom stereocenters. The van der Waals surface area contributed by atoms with E-state index < -0.39 is 5.97 Å². The number of amides is 2. The molecule has 2 amide bonds. The minimum absolute atomic E-state index is 0.0561. The molecule has 1 aromatic heterocycles. The van der Waals surface area contributed by atoms with Crippen LogP contribution in [0.2, 0.25) is 0 Å². The molecule has 0 saturated carbocycles. The largest absolute Gasteiger partial charge is 0.476 e. The number of hydrogen-bond donors (Lipinski definition) is 2. The van der Waals surface area contributed by atoms with E-state index in [1.54, 1.807) is 11.9 Å². The van der Waals surface area contributed by atoms with E-state index in [4.69, 9.17) is 5.11 Å². The van der Waals surface area contributed by atoms with Crippen molar-refractivity contribution in [2.75, 3.05) is 13.6 Å². The standard InChI is InChI=1S/C11H17N3O3S/c1-7(2)14(3)11(17)12-5-4-9-13-8(6-18-9)10(15)16/h6-7H,4-5H2,1-3H3,(H,12,17)(H,15,16). The van der Waals surface area contributed by atoms with Crippen LogP contribution in [0.3, 0.4) is 0 Å². The lowest BCUT2D eigenvalue weighted by atomic mass is 10.3. The third-order valence-corrected chi connectivity index (χ3v) is 3.39. The second-order valence-electron chi connectivity index (χ2n) is 4.12. The smallest absolute Gasteiger partial charge is 0.355 e. The molecule has 0 aromatic carbocycles. The van der Waals surface area contributed by atoms with Crippen LogP contribution in [0, 0.1) is 0 Å². The molecule has 1 rings (SSSR count).